The molecule has 15 heavy (non-hydrogen) atoms. The van der Waals surface area contributed by atoms with Gasteiger partial charge in [-0.2, -0.15) is 0 Å². The van der Waals surface area contributed by atoms with Crippen LogP contribution in [0, 0.1) is 6.92 Å². The number of ketones is 1. The van der Waals surface area contributed by atoms with E-state index in [4.69, 9.17) is 11.6 Å². The van der Waals surface area contributed by atoms with Gasteiger partial charge in [-0.1, -0.05) is 23.7 Å². The van der Waals surface area contributed by atoms with Gasteiger partial charge in [0, 0.05) is 24.5 Å². The van der Waals surface area contributed by atoms with Crippen molar-refractivity contribution in [3.05, 3.63) is 34.3 Å². The van der Waals surface area contributed by atoms with E-state index in [1.165, 1.54) is 0 Å². The van der Waals surface area contributed by atoms with Gasteiger partial charge in [-0.25, -0.2) is 0 Å². The second-order valence-corrected chi connectivity index (χ2v) is 4.33. The van der Waals surface area contributed by atoms with Crippen LogP contribution in [0.2, 0.25) is 5.02 Å². The largest absolute Gasteiger partial charge is 0.315 e. The lowest BCUT2D eigenvalue weighted by molar-refractivity contribution is -0.121. The fourth-order valence-electron chi connectivity index (χ4n) is 2.03. The van der Waals surface area contributed by atoms with Crippen LogP contribution in [-0.2, 0) is 4.79 Å². The minimum Gasteiger partial charge on any atom is -0.315 e. The Labute approximate surface area is 94.6 Å². The molecule has 2 nitrogen and oxygen atoms in total. The van der Waals surface area contributed by atoms with Gasteiger partial charge in [0.05, 0.1) is 5.92 Å². The van der Waals surface area contributed by atoms with Crippen molar-refractivity contribution < 1.29 is 4.79 Å². The molecule has 1 N–H and O–H groups in total. The third-order valence-corrected chi connectivity index (χ3v) is 3.38. The monoisotopic (exact) mass is 223 g/mol. The van der Waals surface area contributed by atoms with Crippen LogP contribution in [0.3, 0.4) is 0 Å². The van der Waals surface area contributed by atoms with Crippen LogP contribution in [0.5, 0.6) is 0 Å². The number of carbonyl (C=O) groups is 1. The standard InChI is InChI=1S/C12H14ClNO/c1-8-9(3-2-4-11(8)13)10-7-14-6-5-12(10)15/h2-4,10,14H,5-7H2,1H3. The fourth-order valence-corrected chi connectivity index (χ4v) is 2.21. The highest BCUT2D eigenvalue weighted by Crippen LogP contribution is 2.27. The van der Waals surface area contributed by atoms with Crippen LogP contribution in [0.15, 0.2) is 18.2 Å². The van der Waals surface area contributed by atoms with Gasteiger partial charge < -0.3 is 5.32 Å². The molecule has 0 aromatic heterocycles. The quantitative estimate of drug-likeness (QED) is 0.792. The normalized spacial score (nSPS) is 21.7. The Bertz CT molecular complexity index is 389. The summed E-state index contributed by atoms with van der Waals surface area (Å²) in [5.74, 6) is 0.302. The summed E-state index contributed by atoms with van der Waals surface area (Å²) < 4.78 is 0. The third kappa shape index (κ3) is 2.06. The molecule has 0 amide bonds. The molecule has 3 heteroatoms. The number of Topliss-reactive ketones (excluding diaryl/α,β-unsaturated/α-hetero) is 1. The summed E-state index contributed by atoms with van der Waals surface area (Å²) in [7, 11) is 0. The van der Waals surface area contributed by atoms with Crippen LogP contribution < -0.4 is 5.32 Å². The van der Waals surface area contributed by atoms with Crippen molar-refractivity contribution in [1.82, 2.24) is 5.32 Å². The number of carbonyl (C=O) groups excluding carboxylic acids is 1. The van der Waals surface area contributed by atoms with Gasteiger partial charge in [0.1, 0.15) is 5.78 Å². The number of hydrogen-bond acceptors (Lipinski definition) is 2. The Hall–Kier alpha value is -0.860. The Morgan fingerprint density at radius 2 is 2.27 bits per heavy atom. The van der Waals surface area contributed by atoms with Crippen molar-refractivity contribution in [3.8, 4) is 0 Å². The number of halogens is 1. The lowest BCUT2D eigenvalue weighted by atomic mass is 9.88. The number of benzene rings is 1. The minimum atomic E-state index is -0.0163. The zero-order valence-electron chi connectivity index (χ0n) is 8.72. The number of rotatable bonds is 1. The van der Waals surface area contributed by atoms with E-state index in [1.807, 2.05) is 25.1 Å². The summed E-state index contributed by atoms with van der Waals surface area (Å²) in [6.07, 6.45) is 0.622. The summed E-state index contributed by atoms with van der Waals surface area (Å²) in [6.45, 7) is 3.51. The average molecular weight is 224 g/mol. The third-order valence-electron chi connectivity index (χ3n) is 2.97. The molecule has 0 aliphatic carbocycles. The summed E-state index contributed by atoms with van der Waals surface area (Å²) in [5.41, 5.74) is 2.10. The zero-order chi connectivity index (χ0) is 10.8. The molecule has 2 rings (SSSR count). The molecule has 0 bridgehead atoms. The maximum absolute atomic E-state index is 11.8. The Morgan fingerprint density at radius 3 is 3.00 bits per heavy atom. The lowest BCUT2D eigenvalue weighted by Gasteiger charge is -2.23. The van der Waals surface area contributed by atoms with Gasteiger partial charge in [-0.05, 0) is 24.1 Å². The Balaban J connectivity index is 2.35. The Kier molecular flexibility index (Phi) is 3.08. The predicted octanol–water partition coefficient (Wildman–Crippen LogP) is 2.29. The van der Waals surface area contributed by atoms with Crippen molar-refractivity contribution in [2.45, 2.75) is 19.3 Å². The molecule has 1 fully saturated rings. The summed E-state index contributed by atoms with van der Waals surface area (Å²) in [6, 6.07) is 5.77. The molecule has 1 aromatic carbocycles. The maximum atomic E-state index is 11.8. The lowest BCUT2D eigenvalue weighted by Crippen LogP contribution is -2.35. The first-order valence-electron chi connectivity index (χ1n) is 5.18. The van der Waals surface area contributed by atoms with Gasteiger partial charge in [-0.3, -0.25) is 4.79 Å². The van der Waals surface area contributed by atoms with Crippen LogP contribution in [0.4, 0.5) is 0 Å². The second kappa shape index (κ2) is 4.33. The molecule has 1 heterocycles. The van der Waals surface area contributed by atoms with Crippen molar-refractivity contribution in [2.24, 2.45) is 0 Å². The number of nitrogens with one attached hydrogen (secondary N) is 1. The van der Waals surface area contributed by atoms with E-state index >= 15 is 0 Å². The highest BCUT2D eigenvalue weighted by molar-refractivity contribution is 6.31. The molecule has 0 radical (unpaired) electrons. The summed E-state index contributed by atoms with van der Waals surface area (Å²) in [5, 5.41) is 3.99. The van der Waals surface area contributed by atoms with Gasteiger partial charge in [0.2, 0.25) is 0 Å². The average Bonchev–Trinajstić information content (AvgIpc) is 2.23. The second-order valence-electron chi connectivity index (χ2n) is 3.93. The van der Waals surface area contributed by atoms with Gasteiger partial charge >= 0.3 is 0 Å². The minimum absolute atomic E-state index is 0.0163. The van der Waals surface area contributed by atoms with E-state index in [9.17, 15) is 4.79 Å². The van der Waals surface area contributed by atoms with Crippen molar-refractivity contribution in [1.29, 1.82) is 0 Å². The van der Waals surface area contributed by atoms with E-state index in [0.29, 0.717) is 12.2 Å². The molecular weight excluding hydrogens is 210 g/mol. The molecule has 1 aliphatic heterocycles. The van der Waals surface area contributed by atoms with Crippen LogP contribution in [0.1, 0.15) is 23.5 Å². The summed E-state index contributed by atoms with van der Waals surface area (Å²) in [4.78, 5) is 11.8. The summed E-state index contributed by atoms with van der Waals surface area (Å²) >= 11 is 6.05. The first kappa shape index (κ1) is 10.7. The molecule has 80 valence electrons. The SMILES string of the molecule is Cc1c(Cl)cccc1C1CNCCC1=O. The molecule has 1 saturated heterocycles. The Morgan fingerprint density at radius 1 is 1.47 bits per heavy atom. The highest BCUT2D eigenvalue weighted by Gasteiger charge is 2.25. The molecule has 0 spiro atoms. The van der Waals surface area contributed by atoms with Gasteiger partial charge in [0.15, 0.2) is 0 Å². The molecule has 1 unspecified atom stereocenters. The molecule has 0 saturated carbocycles. The van der Waals surface area contributed by atoms with Crippen LogP contribution in [-0.4, -0.2) is 18.9 Å². The van der Waals surface area contributed by atoms with Crippen molar-refractivity contribution in [2.75, 3.05) is 13.1 Å². The van der Waals surface area contributed by atoms with E-state index in [1.54, 1.807) is 0 Å². The molecule has 1 aromatic rings. The predicted molar refractivity (Wildman–Crippen MR) is 61.4 cm³/mol. The van der Waals surface area contributed by atoms with Crippen molar-refractivity contribution in [3.63, 3.8) is 0 Å². The van der Waals surface area contributed by atoms with Crippen molar-refractivity contribution >= 4 is 17.4 Å². The smallest absolute Gasteiger partial charge is 0.142 e. The molecule has 1 atom stereocenters. The van der Waals surface area contributed by atoms with Gasteiger partial charge in [0.25, 0.3) is 0 Å². The first-order valence-corrected chi connectivity index (χ1v) is 5.56. The fraction of sp³-hybridized carbons (Fsp3) is 0.417. The van der Waals surface area contributed by atoms with Crippen LogP contribution in [0.25, 0.3) is 0 Å². The topological polar surface area (TPSA) is 29.1 Å². The number of piperidine rings is 1. The maximum Gasteiger partial charge on any atom is 0.142 e. The highest BCUT2D eigenvalue weighted by atomic mass is 35.5. The van der Waals surface area contributed by atoms with E-state index < -0.39 is 0 Å². The first-order chi connectivity index (χ1) is 7.20. The van der Waals surface area contributed by atoms with Gasteiger partial charge in [-0.15, -0.1) is 0 Å². The van der Waals surface area contributed by atoms with Crippen LogP contribution >= 0.6 is 11.6 Å². The van der Waals surface area contributed by atoms with E-state index in [0.717, 1.165) is 29.2 Å². The number of hydrogen-bond donors (Lipinski definition) is 1. The van der Waals surface area contributed by atoms with E-state index in [-0.39, 0.29) is 5.92 Å². The zero-order valence-corrected chi connectivity index (χ0v) is 9.47. The molecule has 1 aliphatic rings. The molecular formula is C12H14ClNO. The van der Waals surface area contributed by atoms with E-state index in [2.05, 4.69) is 5.32 Å².